The van der Waals surface area contributed by atoms with E-state index in [-0.39, 0.29) is 11.9 Å². The Balaban J connectivity index is 1.83. The minimum Gasteiger partial charge on any atom is -0.354 e. The van der Waals surface area contributed by atoms with E-state index < -0.39 is 0 Å². The Morgan fingerprint density at radius 2 is 2.21 bits per heavy atom. The van der Waals surface area contributed by atoms with Crippen molar-refractivity contribution in [2.24, 2.45) is 0 Å². The molecule has 0 aliphatic carbocycles. The number of nitrogens with zero attached hydrogens (tertiary/aromatic N) is 3. The Kier molecular flexibility index (Phi) is 4.28. The molecular weight excluding hydrogens is 240 g/mol. The summed E-state index contributed by atoms with van der Waals surface area (Å²) in [6, 6.07) is 5.54. The Labute approximate surface area is 112 Å². The molecule has 0 bridgehead atoms. The van der Waals surface area contributed by atoms with Crippen LogP contribution in [-0.2, 0) is 11.2 Å². The molecule has 0 fully saturated rings. The minimum atomic E-state index is -0.244. The lowest BCUT2D eigenvalue weighted by atomic mass is 10.2. The fourth-order valence-electron chi connectivity index (χ4n) is 1.93. The Hall–Kier alpha value is -2.17. The van der Waals surface area contributed by atoms with Crippen molar-refractivity contribution in [3.05, 3.63) is 48.3 Å². The lowest BCUT2D eigenvalue weighted by molar-refractivity contribution is -0.123. The third-order valence-electron chi connectivity index (χ3n) is 3.07. The molecule has 2 aromatic rings. The first-order valence-corrected chi connectivity index (χ1v) is 6.35. The Morgan fingerprint density at radius 1 is 1.37 bits per heavy atom. The van der Waals surface area contributed by atoms with Crippen LogP contribution in [0.5, 0.6) is 0 Å². The van der Waals surface area contributed by atoms with Crippen LogP contribution in [0.25, 0.3) is 0 Å². The summed E-state index contributed by atoms with van der Waals surface area (Å²) >= 11 is 0. The maximum absolute atomic E-state index is 12.0. The second-order valence-corrected chi connectivity index (χ2v) is 4.42. The number of aryl methyl sites for hydroxylation is 1. The third-order valence-corrected chi connectivity index (χ3v) is 3.07. The van der Waals surface area contributed by atoms with Gasteiger partial charge >= 0.3 is 0 Å². The van der Waals surface area contributed by atoms with Gasteiger partial charge in [0.15, 0.2) is 0 Å². The molecule has 2 aromatic heterocycles. The van der Waals surface area contributed by atoms with E-state index in [1.54, 1.807) is 12.4 Å². The van der Waals surface area contributed by atoms with E-state index in [1.807, 2.05) is 42.8 Å². The molecule has 5 heteroatoms. The molecule has 1 unspecified atom stereocenters. The highest BCUT2D eigenvalue weighted by Gasteiger charge is 2.15. The molecule has 19 heavy (non-hydrogen) atoms. The quantitative estimate of drug-likeness (QED) is 0.884. The van der Waals surface area contributed by atoms with E-state index in [0.717, 1.165) is 17.9 Å². The van der Waals surface area contributed by atoms with E-state index >= 15 is 0 Å². The summed E-state index contributed by atoms with van der Waals surface area (Å²) < 4.78 is 1.86. The fourth-order valence-corrected chi connectivity index (χ4v) is 1.93. The monoisotopic (exact) mass is 258 g/mol. The number of rotatable bonds is 5. The van der Waals surface area contributed by atoms with Gasteiger partial charge in [0.1, 0.15) is 11.9 Å². The van der Waals surface area contributed by atoms with Crippen LogP contribution < -0.4 is 5.32 Å². The summed E-state index contributed by atoms with van der Waals surface area (Å²) in [4.78, 5) is 20.3. The van der Waals surface area contributed by atoms with Gasteiger partial charge in [0.05, 0.1) is 0 Å². The third kappa shape index (κ3) is 3.40. The van der Waals surface area contributed by atoms with Crippen molar-refractivity contribution in [2.75, 3.05) is 6.54 Å². The van der Waals surface area contributed by atoms with Gasteiger partial charge < -0.3 is 9.88 Å². The van der Waals surface area contributed by atoms with Crippen LogP contribution in [0.2, 0.25) is 0 Å². The molecule has 0 aliphatic rings. The van der Waals surface area contributed by atoms with E-state index in [9.17, 15) is 4.79 Å². The van der Waals surface area contributed by atoms with Gasteiger partial charge in [0.25, 0.3) is 0 Å². The molecule has 2 heterocycles. The first-order chi connectivity index (χ1) is 9.18. The van der Waals surface area contributed by atoms with Crippen LogP contribution >= 0.6 is 0 Å². The summed E-state index contributed by atoms with van der Waals surface area (Å²) in [5, 5.41) is 2.92. The first-order valence-electron chi connectivity index (χ1n) is 6.35. The fraction of sp³-hybridized carbons (Fsp3) is 0.357. The van der Waals surface area contributed by atoms with Gasteiger partial charge in [-0.25, -0.2) is 4.98 Å². The molecule has 0 radical (unpaired) electrons. The maximum Gasteiger partial charge on any atom is 0.242 e. The van der Waals surface area contributed by atoms with Gasteiger partial charge in [-0.05, 0) is 26.0 Å². The molecule has 5 nitrogen and oxygen atoms in total. The minimum absolute atomic E-state index is 0.00275. The van der Waals surface area contributed by atoms with Crippen LogP contribution in [0.1, 0.15) is 24.5 Å². The van der Waals surface area contributed by atoms with Crippen molar-refractivity contribution < 1.29 is 4.79 Å². The van der Waals surface area contributed by atoms with E-state index in [4.69, 9.17) is 0 Å². The zero-order valence-corrected chi connectivity index (χ0v) is 11.2. The zero-order chi connectivity index (χ0) is 13.7. The summed E-state index contributed by atoms with van der Waals surface area (Å²) in [5.41, 5.74) is 0.981. The van der Waals surface area contributed by atoms with Crippen molar-refractivity contribution in [3.63, 3.8) is 0 Å². The zero-order valence-electron chi connectivity index (χ0n) is 11.2. The summed E-state index contributed by atoms with van der Waals surface area (Å²) in [6.45, 7) is 4.34. The number of carbonyl (C=O) groups excluding carboxylic acids is 1. The number of hydrogen-bond donors (Lipinski definition) is 1. The van der Waals surface area contributed by atoms with Gasteiger partial charge in [-0.1, -0.05) is 6.07 Å². The van der Waals surface area contributed by atoms with Gasteiger partial charge in [0, 0.05) is 37.3 Å². The van der Waals surface area contributed by atoms with Crippen LogP contribution in [-0.4, -0.2) is 27.0 Å². The number of pyridine rings is 1. The number of amides is 1. The van der Waals surface area contributed by atoms with Gasteiger partial charge in [-0.15, -0.1) is 0 Å². The highest BCUT2D eigenvalue weighted by Crippen LogP contribution is 2.08. The average Bonchev–Trinajstić information content (AvgIpc) is 2.85. The smallest absolute Gasteiger partial charge is 0.242 e. The number of carbonyl (C=O) groups is 1. The van der Waals surface area contributed by atoms with E-state index in [2.05, 4.69) is 15.3 Å². The van der Waals surface area contributed by atoms with Gasteiger partial charge in [-0.2, -0.15) is 0 Å². The maximum atomic E-state index is 12.0. The molecule has 2 rings (SSSR count). The second-order valence-electron chi connectivity index (χ2n) is 4.42. The van der Waals surface area contributed by atoms with Crippen LogP contribution in [0, 0.1) is 6.92 Å². The number of imidazole rings is 1. The predicted molar refractivity (Wildman–Crippen MR) is 72.6 cm³/mol. The normalized spacial score (nSPS) is 12.1. The summed E-state index contributed by atoms with van der Waals surface area (Å²) in [5.74, 6) is 0.837. The van der Waals surface area contributed by atoms with E-state index in [0.29, 0.717) is 6.54 Å². The largest absolute Gasteiger partial charge is 0.354 e. The van der Waals surface area contributed by atoms with Crippen LogP contribution in [0.3, 0.4) is 0 Å². The first kappa shape index (κ1) is 13.3. The standard InChI is InChI=1S/C14H18N4O/c1-11(18-10-9-15-12(18)2)14(19)17-8-6-13-5-3-4-7-16-13/h3-5,7,9-11H,6,8H2,1-2H3,(H,17,19). The molecule has 1 amide bonds. The molecule has 100 valence electrons. The van der Waals surface area contributed by atoms with Crippen LogP contribution in [0.15, 0.2) is 36.8 Å². The highest BCUT2D eigenvalue weighted by atomic mass is 16.2. The van der Waals surface area contributed by atoms with Crippen molar-refractivity contribution in [2.45, 2.75) is 26.3 Å². The number of nitrogens with one attached hydrogen (secondary N) is 1. The molecule has 0 aromatic carbocycles. The molecule has 1 atom stereocenters. The van der Waals surface area contributed by atoms with Crippen molar-refractivity contribution in [1.29, 1.82) is 0 Å². The Bertz CT molecular complexity index is 535. The number of aromatic nitrogens is 3. The molecule has 0 spiro atoms. The highest BCUT2D eigenvalue weighted by molar-refractivity contribution is 5.79. The summed E-state index contributed by atoms with van der Waals surface area (Å²) in [6.07, 6.45) is 6.02. The SMILES string of the molecule is Cc1nccn1C(C)C(=O)NCCc1ccccn1. The van der Waals surface area contributed by atoms with Crippen molar-refractivity contribution in [3.8, 4) is 0 Å². The molecule has 0 saturated carbocycles. The van der Waals surface area contributed by atoms with Gasteiger partial charge in [-0.3, -0.25) is 9.78 Å². The number of hydrogen-bond acceptors (Lipinski definition) is 3. The average molecular weight is 258 g/mol. The second kappa shape index (κ2) is 6.13. The molecule has 1 N–H and O–H groups in total. The Morgan fingerprint density at radius 3 is 2.84 bits per heavy atom. The van der Waals surface area contributed by atoms with Crippen molar-refractivity contribution in [1.82, 2.24) is 19.9 Å². The lowest BCUT2D eigenvalue weighted by Gasteiger charge is -2.14. The van der Waals surface area contributed by atoms with E-state index in [1.165, 1.54) is 0 Å². The topological polar surface area (TPSA) is 59.8 Å². The van der Waals surface area contributed by atoms with Crippen molar-refractivity contribution >= 4 is 5.91 Å². The van der Waals surface area contributed by atoms with Crippen LogP contribution in [0.4, 0.5) is 0 Å². The molecule has 0 saturated heterocycles. The lowest BCUT2D eigenvalue weighted by Crippen LogP contribution is -2.32. The van der Waals surface area contributed by atoms with Gasteiger partial charge in [0.2, 0.25) is 5.91 Å². The molecule has 0 aliphatic heterocycles. The summed E-state index contributed by atoms with van der Waals surface area (Å²) in [7, 11) is 0. The predicted octanol–water partition coefficient (Wildman–Crippen LogP) is 1.51. The molecular formula is C14H18N4O.